The molecule has 0 aliphatic rings. The second-order valence-electron chi connectivity index (χ2n) is 4.60. The molecule has 5 nitrogen and oxygen atoms in total. The highest BCUT2D eigenvalue weighted by Gasteiger charge is 2.05. The van der Waals surface area contributed by atoms with E-state index in [0.29, 0.717) is 10.7 Å². The monoisotopic (exact) mass is 390 g/mol. The predicted octanol–water partition coefficient (Wildman–Crippen LogP) is 3.28. The zero-order valence-electron chi connectivity index (χ0n) is 11.8. The summed E-state index contributed by atoms with van der Waals surface area (Å²) in [6.45, 7) is -0.0389. The largest absolute Gasteiger partial charge is 0.456 e. The first kappa shape index (κ1) is 15.6. The van der Waals surface area contributed by atoms with E-state index in [4.69, 9.17) is 4.74 Å². The summed E-state index contributed by atoms with van der Waals surface area (Å²) in [7, 11) is 0. The van der Waals surface area contributed by atoms with Crippen molar-refractivity contribution in [1.82, 2.24) is 9.38 Å². The molecule has 0 aliphatic carbocycles. The third-order valence-electron chi connectivity index (χ3n) is 3.02. The van der Waals surface area contributed by atoms with E-state index in [0.717, 1.165) is 10.0 Å². The van der Waals surface area contributed by atoms with Gasteiger partial charge in [0.05, 0.1) is 5.69 Å². The van der Waals surface area contributed by atoms with Gasteiger partial charge in [-0.3, -0.25) is 9.20 Å². The number of carbonyl (C=O) groups is 1. The van der Waals surface area contributed by atoms with E-state index in [1.807, 2.05) is 24.3 Å². The van der Waals surface area contributed by atoms with Crippen LogP contribution in [0.25, 0.3) is 11.0 Å². The van der Waals surface area contributed by atoms with Gasteiger partial charge in [0.2, 0.25) is 0 Å². The van der Waals surface area contributed by atoms with Crippen LogP contribution in [0.5, 0.6) is 0 Å². The van der Waals surface area contributed by atoms with Crippen LogP contribution in [-0.2, 0) is 16.1 Å². The van der Waals surface area contributed by atoms with Gasteiger partial charge in [-0.2, -0.15) is 0 Å². The van der Waals surface area contributed by atoms with E-state index < -0.39 is 5.97 Å². The zero-order valence-corrected chi connectivity index (χ0v) is 14.2. The van der Waals surface area contributed by atoms with Crippen molar-refractivity contribution in [2.24, 2.45) is 0 Å². The summed E-state index contributed by atoms with van der Waals surface area (Å²) in [5, 5.41) is 1.78. The lowest BCUT2D eigenvalue weighted by molar-refractivity contribution is -0.139. The summed E-state index contributed by atoms with van der Waals surface area (Å²) in [6.07, 6.45) is 4.67. The van der Waals surface area contributed by atoms with Gasteiger partial charge in [-0.1, -0.05) is 34.1 Å². The van der Waals surface area contributed by atoms with Gasteiger partial charge >= 0.3 is 5.97 Å². The van der Waals surface area contributed by atoms with Crippen LogP contribution >= 0.6 is 27.3 Å². The van der Waals surface area contributed by atoms with Gasteiger partial charge in [-0.15, -0.1) is 11.3 Å². The first-order valence-electron chi connectivity index (χ1n) is 6.68. The number of benzene rings is 1. The van der Waals surface area contributed by atoms with Crippen molar-refractivity contribution < 1.29 is 9.53 Å². The third kappa shape index (κ3) is 3.75. The van der Waals surface area contributed by atoms with Gasteiger partial charge < -0.3 is 4.74 Å². The fourth-order valence-electron chi connectivity index (χ4n) is 1.92. The summed E-state index contributed by atoms with van der Waals surface area (Å²) in [5.74, 6) is -0.492. The number of hydrogen-bond donors (Lipinski definition) is 0. The van der Waals surface area contributed by atoms with Crippen LogP contribution in [0.15, 0.2) is 57.3 Å². The Morgan fingerprint density at radius 1 is 1.39 bits per heavy atom. The van der Waals surface area contributed by atoms with Crippen LogP contribution in [0.3, 0.4) is 0 Å². The maximum Gasteiger partial charge on any atom is 0.331 e. The first-order chi connectivity index (χ1) is 11.1. The number of fused-ring (bicyclic) bond motifs is 1. The number of thiazole rings is 1. The number of hydrogen-bond acceptors (Lipinski definition) is 5. The third-order valence-corrected chi connectivity index (χ3v) is 4.50. The van der Waals surface area contributed by atoms with Gasteiger partial charge in [0, 0.05) is 28.2 Å². The fourth-order valence-corrected chi connectivity index (χ4v) is 3.08. The molecule has 0 radical (unpaired) electrons. The van der Waals surface area contributed by atoms with Crippen molar-refractivity contribution in [1.29, 1.82) is 0 Å². The molecule has 0 unspecified atom stereocenters. The molecule has 2 aromatic heterocycles. The Labute approximate surface area is 144 Å². The van der Waals surface area contributed by atoms with Crippen LogP contribution < -0.4 is 5.56 Å². The van der Waals surface area contributed by atoms with Crippen LogP contribution in [0.2, 0.25) is 0 Å². The highest BCUT2D eigenvalue weighted by Crippen LogP contribution is 2.17. The quantitative estimate of drug-likeness (QED) is 0.506. The molecule has 0 amide bonds. The molecule has 23 heavy (non-hydrogen) atoms. The van der Waals surface area contributed by atoms with E-state index in [9.17, 15) is 9.59 Å². The Bertz CT molecular complexity index is 946. The summed E-state index contributed by atoms with van der Waals surface area (Å²) in [5.41, 5.74) is 1.12. The zero-order chi connectivity index (χ0) is 16.2. The average molecular weight is 391 g/mol. The molecule has 0 saturated carbocycles. The molecule has 0 N–H and O–H groups in total. The summed E-state index contributed by atoms with van der Waals surface area (Å²) in [4.78, 5) is 28.4. The van der Waals surface area contributed by atoms with Crippen molar-refractivity contribution in [2.45, 2.75) is 6.61 Å². The van der Waals surface area contributed by atoms with Crippen molar-refractivity contribution in [3.05, 3.63) is 74.1 Å². The molecule has 0 aliphatic heterocycles. The molecular weight excluding hydrogens is 380 g/mol. The van der Waals surface area contributed by atoms with Gasteiger partial charge in [-0.05, 0) is 17.7 Å². The van der Waals surface area contributed by atoms with E-state index >= 15 is 0 Å². The smallest absolute Gasteiger partial charge is 0.331 e. The Morgan fingerprint density at radius 2 is 2.22 bits per heavy atom. The van der Waals surface area contributed by atoms with Crippen LogP contribution in [0.4, 0.5) is 0 Å². The number of esters is 1. The van der Waals surface area contributed by atoms with Crippen molar-refractivity contribution >= 4 is 44.3 Å². The molecule has 7 heteroatoms. The highest BCUT2D eigenvalue weighted by atomic mass is 79.9. The lowest BCUT2D eigenvalue weighted by atomic mass is 10.2. The average Bonchev–Trinajstić information content (AvgIpc) is 3.01. The number of rotatable bonds is 4. The van der Waals surface area contributed by atoms with E-state index in [2.05, 4.69) is 20.9 Å². The molecule has 116 valence electrons. The van der Waals surface area contributed by atoms with Crippen LogP contribution in [-0.4, -0.2) is 15.4 Å². The van der Waals surface area contributed by atoms with Crippen molar-refractivity contribution in [2.75, 3.05) is 0 Å². The lowest BCUT2D eigenvalue weighted by Gasteiger charge is -2.02. The van der Waals surface area contributed by atoms with Gasteiger partial charge in [0.25, 0.3) is 5.56 Å². The Morgan fingerprint density at radius 3 is 3.04 bits per heavy atom. The molecule has 3 rings (SSSR count). The SMILES string of the molecule is O=C(/C=C/c1ccccc1Br)OCc1cc(=O)n2ccsc2n1. The second kappa shape index (κ2) is 6.89. The highest BCUT2D eigenvalue weighted by molar-refractivity contribution is 9.10. The van der Waals surface area contributed by atoms with E-state index in [1.54, 1.807) is 17.7 Å². The Kier molecular flexibility index (Phi) is 4.68. The Balaban J connectivity index is 1.66. The molecule has 3 aromatic rings. The van der Waals surface area contributed by atoms with Crippen LogP contribution in [0, 0.1) is 0 Å². The van der Waals surface area contributed by atoms with Gasteiger partial charge in [0.1, 0.15) is 6.61 Å². The van der Waals surface area contributed by atoms with Gasteiger partial charge in [-0.25, -0.2) is 9.78 Å². The number of nitrogens with zero attached hydrogens (tertiary/aromatic N) is 2. The van der Waals surface area contributed by atoms with Crippen LogP contribution in [0.1, 0.15) is 11.3 Å². The molecular formula is C16H11BrN2O3S. The topological polar surface area (TPSA) is 60.7 Å². The second-order valence-corrected chi connectivity index (χ2v) is 6.33. The number of halogens is 1. The number of aromatic nitrogens is 2. The Hall–Kier alpha value is -2.25. The standard InChI is InChI=1S/C16H11BrN2O3S/c17-13-4-2-1-3-11(13)5-6-15(21)22-10-12-9-14(20)19-7-8-23-16(19)18-12/h1-9H,10H2/b6-5+. The van der Waals surface area contributed by atoms with Gasteiger partial charge in [0.15, 0.2) is 4.96 Å². The molecule has 0 saturated heterocycles. The van der Waals surface area contributed by atoms with Crippen molar-refractivity contribution in [3.63, 3.8) is 0 Å². The minimum Gasteiger partial charge on any atom is -0.456 e. The maximum absolute atomic E-state index is 11.8. The minimum absolute atomic E-state index is 0.0389. The molecule has 2 heterocycles. The van der Waals surface area contributed by atoms with Crippen molar-refractivity contribution in [3.8, 4) is 0 Å². The molecule has 0 atom stereocenters. The maximum atomic E-state index is 11.8. The summed E-state index contributed by atoms with van der Waals surface area (Å²) >= 11 is 4.75. The molecule has 1 aromatic carbocycles. The van der Waals surface area contributed by atoms with E-state index in [-0.39, 0.29) is 12.2 Å². The fraction of sp³-hybridized carbons (Fsp3) is 0.0625. The number of ether oxygens (including phenoxy) is 1. The van der Waals surface area contributed by atoms with E-state index in [1.165, 1.54) is 27.9 Å². The summed E-state index contributed by atoms with van der Waals surface area (Å²) < 4.78 is 7.46. The molecule has 0 spiro atoms. The predicted molar refractivity (Wildman–Crippen MR) is 92.3 cm³/mol. The normalized spacial score (nSPS) is 11.2. The summed E-state index contributed by atoms with van der Waals surface area (Å²) in [6, 6.07) is 8.90. The number of carbonyl (C=O) groups excluding carboxylic acids is 1. The first-order valence-corrected chi connectivity index (χ1v) is 8.36. The lowest BCUT2D eigenvalue weighted by Crippen LogP contribution is -2.14. The minimum atomic E-state index is -0.492. The molecule has 0 fully saturated rings. The molecule has 0 bridgehead atoms.